The van der Waals surface area contributed by atoms with Gasteiger partial charge in [-0.05, 0) is 48.9 Å². The number of hydrogen-bond acceptors (Lipinski definition) is 4. The molecule has 1 atom stereocenters. The lowest BCUT2D eigenvalue weighted by Crippen LogP contribution is -2.28. The van der Waals surface area contributed by atoms with Gasteiger partial charge in [-0.25, -0.2) is 4.98 Å². The number of nitrogens with zero attached hydrogens (tertiary/aromatic N) is 2. The van der Waals surface area contributed by atoms with Crippen LogP contribution >= 0.6 is 22.9 Å². The molecule has 2 heterocycles. The van der Waals surface area contributed by atoms with Crippen molar-refractivity contribution in [3.63, 3.8) is 0 Å². The zero-order chi connectivity index (χ0) is 18.3. The van der Waals surface area contributed by atoms with E-state index < -0.39 is 5.92 Å². The molecule has 5 nitrogen and oxygen atoms in total. The van der Waals surface area contributed by atoms with Gasteiger partial charge < -0.3 is 10.2 Å². The number of aryl methyl sites for hydroxylation is 1. The topological polar surface area (TPSA) is 62.3 Å². The van der Waals surface area contributed by atoms with Crippen LogP contribution in [0.15, 0.2) is 42.5 Å². The number of rotatable bonds is 3. The molecule has 0 spiro atoms. The van der Waals surface area contributed by atoms with E-state index in [0.717, 1.165) is 21.5 Å². The van der Waals surface area contributed by atoms with E-state index in [1.54, 1.807) is 29.2 Å². The highest BCUT2D eigenvalue weighted by molar-refractivity contribution is 7.22. The van der Waals surface area contributed by atoms with Gasteiger partial charge in [-0.2, -0.15) is 0 Å². The van der Waals surface area contributed by atoms with Gasteiger partial charge in [0.1, 0.15) is 0 Å². The number of thiazole rings is 1. The summed E-state index contributed by atoms with van der Waals surface area (Å²) in [6.07, 6.45) is 0.193. The molecule has 26 heavy (non-hydrogen) atoms. The minimum atomic E-state index is -0.396. The molecule has 4 rings (SSSR count). The zero-order valence-electron chi connectivity index (χ0n) is 14.0. The van der Waals surface area contributed by atoms with Crippen LogP contribution in [0.1, 0.15) is 12.0 Å². The fraction of sp³-hybridized carbons (Fsp3) is 0.211. The molecule has 1 aliphatic heterocycles. The summed E-state index contributed by atoms with van der Waals surface area (Å²) >= 11 is 7.34. The molecular weight excluding hydrogens is 370 g/mol. The minimum Gasteiger partial charge on any atom is -0.312 e. The normalized spacial score (nSPS) is 17.1. The summed E-state index contributed by atoms with van der Waals surface area (Å²) < 4.78 is 1.03. The summed E-state index contributed by atoms with van der Waals surface area (Å²) in [5.74, 6) is -0.634. The van der Waals surface area contributed by atoms with Crippen LogP contribution < -0.4 is 10.2 Å². The third kappa shape index (κ3) is 3.30. The van der Waals surface area contributed by atoms with E-state index in [-0.39, 0.29) is 18.2 Å². The van der Waals surface area contributed by atoms with Gasteiger partial charge >= 0.3 is 0 Å². The summed E-state index contributed by atoms with van der Waals surface area (Å²) in [6.45, 7) is 2.38. The lowest BCUT2D eigenvalue weighted by molar-refractivity contribution is -0.122. The molecule has 0 radical (unpaired) electrons. The number of carbonyl (C=O) groups excluding carboxylic acids is 2. The van der Waals surface area contributed by atoms with Crippen LogP contribution in [0.2, 0.25) is 5.02 Å². The molecule has 0 aliphatic carbocycles. The number of fused-ring (bicyclic) bond motifs is 1. The van der Waals surface area contributed by atoms with Gasteiger partial charge in [0, 0.05) is 23.7 Å². The quantitative estimate of drug-likeness (QED) is 0.733. The predicted molar refractivity (Wildman–Crippen MR) is 105 cm³/mol. The van der Waals surface area contributed by atoms with E-state index in [1.807, 2.05) is 25.1 Å². The third-order valence-corrected chi connectivity index (χ3v) is 5.59. The first-order valence-corrected chi connectivity index (χ1v) is 9.43. The molecule has 1 saturated heterocycles. The molecule has 7 heteroatoms. The number of amides is 2. The second kappa shape index (κ2) is 6.70. The smallest absolute Gasteiger partial charge is 0.231 e. The zero-order valence-corrected chi connectivity index (χ0v) is 15.6. The minimum absolute atomic E-state index is 0.0626. The number of carbonyl (C=O) groups is 2. The van der Waals surface area contributed by atoms with Crippen LogP contribution in [-0.2, 0) is 9.59 Å². The Morgan fingerprint density at radius 1 is 1.27 bits per heavy atom. The van der Waals surface area contributed by atoms with E-state index in [4.69, 9.17) is 11.6 Å². The summed E-state index contributed by atoms with van der Waals surface area (Å²) in [4.78, 5) is 31.0. The maximum atomic E-state index is 12.6. The Morgan fingerprint density at radius 2 is 2.04 bits per heavy atom. The van der Waals surface area contributed by atoms with Gasteiger partial charge in [0.2, 0.25) is 11.8 Å². The molecule has 0 saturated carbocycles. The van der Waals surface area contributed by atoms with Crippen LogP contribution in [0, 0.1) is 12.8 Å². The van der Waals surface area contributed by atoms with Gasteiger partial charge in [0.25, 0.3) is 0 Å². The molecule has 1 N–H and O–H groups in total. The van der Waals surface area contributed by atoms with E-state index in [9.17, 15) is 9.59 Å². The molecule has 0 bridgehead atoms. The van der Waals surface area contributed by atoms with Crippen LogP contribution in [0.25, 0.3) is 10.2 Å². The van der Waals surface area contributed by atoms with Gasteiger partial charge in [0.15, 0.2) is 5.13 Å². The van der Waals surface area contributed by atoms with Crippen LogP contribution in [0.4, 0.5) is 10.8 Å². The molecule has 2 aromatic carbocycles. The number of nitrogens with one attached hydrogen (secondary N) is 1. The van der Waals surface area contributed by atoms with Gasteiger partial charge in [0.05, 0.1) is 16.1 Å². The molecule has 1 aromatic heterocycles. The van der Waals surface area contributed by atoms with E-state index in [1.165, 1.54) is 11.3 Å². The summed E-state index contributed by atoms with van der Waals surface area (Å²) in [5.41, 5.74) is 2.77. The molecule has 0 unspecified atom stereocenters. The lowest BCUT2D eigenvalue weighted by Gasteiger charge is -2.16. The number of aromatic nitrogens is 1. The molecule has 2 amide bonds. The predicted octanol–water partition coefficient (Wildman–Crippen LogP) is 4.25. The van der Waals surface area contributed by atoms with Crippen molar-refractivity contribution in [3.8, 4) is 0 Å². The number of hydrogen-bond donors (Lipinski definition) is 1. The molecular formula is C19H16ClN3O2S. The fourth-order valence-electron chi connectivity index (χ4n) is 3.05. The highest BCUT2D eigenvalue weighted by atomic mass is 35.5. The van der Waals surface area contributed by atoms with Crippen LogP contribution in [0.5, 0.6) is 0 Å². The molecule has 3 aromatic rings. The first-order chi connectivity index (χ1) is 12.5. The highest BCUT2D eigenvalue weighted by Crippen LogP contribution is 2.30. The second-order valence-electron chi connectivity index (χ2n) is 6.36. The molecule has 1 aliphatic rings. The Kier molecular flexibility index (Phi) is 4.38. The summed E-state index contributed by atoms with van der Waals surface area (Å²) in [7, 11) is 0. The lowest BCUT2D eigenvalue weighted by atomic mass is 10.1. The standard InChI is InChI=1S/C19H16ClN3O2S/c1-11-2-7-15-16(8-11)26-19(21-15)22-18(25)12-9-17(24)23(10-12)14-5-3-13(20)4-6-14/h2-8,12H,9-10H2,1H3,(H,21,22,25)/t12-/m0/s1. The van der Waals surface area contributed by atoms with Gasteiger partial charge in [-0.15, -0.1) is 0 Å². The number of halogens is 1. The van der Waals surface area contributed by atoms with Crippen LogP contribution in [-0.4, -0.2) is 23.3 Å². The Balaban J connectivity index is 1.48. The van der Waals surface area contributed by atoms with Crippen molar-refractivity contribution in [2.45, 2.75) is 13.3 Å². The average molecular weight is 386 g/mol. The van der Waals surface area contributed by atoms with E-state index >= 15 is 0 Å². The largest absolute Gasteiger partial charge is 0.312 e. The Hall–Kier alpha value is -2.44. The molecule has 132 valence electrons. The Bertz CT molecular complexity index is 1000. The molecule has 1 fully saturated rings. The summed E-state index contributed by atoms with van der Waals surface area (Å²) in [6, 6.07) is 13.0. The van der Waals surface area contributed by atoms with E-state index in [2.05, 4.69) is 10.3 Å². The van der Waals surface area contributed by atoms with Crippen LogP contribution in [0.3, 0.4) is 0 Å². The van der Waals surface area contributed by atoms with Crippen molar-refractivity contribution in [3.05, 3.63) is 53.1 Å². The Morgan fingerprint density at radius 3 is 2.81 bits per heavy atom. The van der Waals surface area contributed by atoms with Crippen molar-refractivity contribution in [1.82, 2.24) is 4.98 Å². The van der Waals surface area contributed by atoms with E-state index in [0.29, 0.717) is 16.7 Å². The van der Waals surface area contributed by atoms with Gasteiger partial charge in [-0.1, -0.05) is 29.0 Å². The van der Waals surface area contributed by atoms with Crippen molar-refractivity contribution >= 4 is 55.8 Å². The fourth-order valence-corrected chi connectivity index (χ4v) is 4.14. The first-order valence-electron chi connectivity index (χ1n) is 8.23. The second-order valence-corrected chi connectivity index (χ2v) is 7.83. The van der Waals surface area contributed by atoms with Crippen molar-refractivity contribution in [2.75, 3.05) is 16.8 Å². The SMILES string of the molecule is Cc1ccc2nc(NC(=O)[C@H]3CC(=O)N(c4ccc(Cl)cc4)C3)sc2c1. The summed E-state index contributed by atoms with van der Waals surface area (Å²) in [5, 5.41) is 4.04. The van der Waals surface area contributed by atoms with Gasteiger partial charge in [-0.3, -0.25) is 9.59 Å². The third-order valence-electron chi connectivity index (χ3n) is 4.41. The number of benzene rings is 2. The van der Waals surface area contributed by atoms with Crippen molar-refractivity contribution in [2.24, 2.45) is 5.92 Å². The highest BCUT2D eigenvalue weighted by Gasteiger charge is 2.35. The monoisotopic (exact) mass is 385 g/mol. The average Bonchev–Trinajstić information content (AvgIpc) is 3.18. The Labute approximate surface area is 159 Å². The number of anilines is 2. The van der Waals surface area contributed by atoms with Crippen molar-refractivity contribution in [1.29, 1.82) is 0 Å². The van der Waals surface area contributed by atoms with Crippen molar-refractivity contribution < 1.29 is 9.59 Å². The first kappa shape index (κ1) is 17.0. The maximum absolute atomic E-state index is 12.6. The maximum Gasteiger partial charge on any atom is 0.231 e.